The van der Waals surface area contributed by atoms with E-state index in [1.807, 2.05) is 43.3 Å². The highest BCUT2D eigenvalue weighted by molar-refractivity contribution is 5.64. The van der Waals surface area contributed by atoms with Crippen LogP contribution < -0.4 is 11.1 Å². The summed E-state index contributed by atoms with van der Waals surface area (Å²) in [5.41, 5.74) is 6.88. The minimum absolute atomic E-state index is 0.113. The molecule has 1 unspecified atom stereocenters. The lowest BCUT2D eigenvalue weighted by molar-refractivity contribution is 0.224. The quantitative estimate of drug-likeness (QED) is 0.786. The number of nitrogens with one attached hydrogen (secondary N) is 1. The molecule has 0 spiro atoms. The van der Waals surface area contributed by atoms with Gasteiger partial charge in [-0.05, 0) is 18.6 Å². The van der Waals surface area contributed by atoms with Gasteiger partial charge in [0.25, 0.3) is 0 Å². The Labute approximate surface area is 117 Å². The summed E-state index contributed by atoms with van der Waals surface area (Å²) in [5.74, 6) is 0.449. The molecule has 0 bridgehead atoms. The van der Waals surface area contributed by atoms with Crippen LogP contribution in [0.2, 0.25) is 0 Å². The lowest BCUT2D eigenvalue weighted by Crippen LogP contribution is -2.36. The summed E-state index contributed by atoms with van der Waals surface area (Å²) in [6.45, 7) is 1.75. The Kier molecular flexibility index (Phi) is 3.87. The van der Waals surface area contributed by atoms with E-state index < -0.39 is 5.54 Å². The zero-order valence-electron chi connectivity index (χ0n) is 11.2. The van der Waals surface area contributed by atoms with Gasteiger partial charge in [-0.1, -0.05) is 30.3 Å². The molecule has 1 aromatic carbocycles. The number of nitrogen functional groups attached to an aromatic ring is 1. The molecule has 1 heterocycles. The van der Waals surface area contributed by atoms with Crippen molar-refractivity contribution < 1.29 is 5.11 Å². The van der Waals surface area contributed by atoms with Crippen molar-refractivity contribution in [1.29, 1.82) is 5.26 Å². The van der Waals surface area contributed by atoms with Crippen LogP contribution in [0, 0.1) is 11.3 Å². The number of nitrogens with zero attached hydrogens (tertiary/aromatic N) is 2. The summed E-state index contributed by atoms with van der Waals surface area (Å²) in [6, 6.07) is 13.1. The fourth-order valence-electron chi connectivity index (χ4n) is 1.92. The van der Waals surface area contributed by atoms with Crippen LogP contribution in [-0.4, -0.2) is 16.7 Å². The smallest absolute Gasteiger partial charge is 0.150 e. The second-order valence-corrected chi connectivity index (χ2v) is 4.75. The molecule has 0 saturated heterocycles. The molecule has 0 radical (unpaired) electrons. The number of nitriles is 1. The van der Waals surface area contributed by atoms with Crippen LogP contribution in [0.4, 0.5) is 11.5 Å². The van der Waals surface area contributed by atoms with E-state index in [-0.39, 0.29) is 6.61 Å². The summed E-state index contributed by atoms with van der Waals surface area (Å²) < 4.78 is 0. The van der Waals surface area contributed by atoms with Crippen molar-refractivity contribution in [2.45, 2.75) is 12.5 Å². The minimum atomic E-state index is -0.698. The van der Waals surface area contributed by atoms with Crippen molar-refractivity contribution in [3.8, 4) is 6.07 Å². The number of nitrogens with two attached hydrogens (primary N) is 1. The molecule has 0 aliphatic rings. The van der Waals surface area contributed by atoms with E-state index >= 15 is 0 Å². The van der Waals surface area contributed by atoms with Crippen LogP contribution in [-0.2, 0) is 5.54 Å². The van der Waals surface area contributed by atoms with Crippen molar-refractivity contribution in [2.75, 3.05) is 17.7 Å². The number of pyridine rings is 1. The molecule has 4 N–H and O–H groups in total. The zero-order chi connectivity index (χ0) is 14.6. The third kappa shape index (κ3) is 2.71. The van der Waals surface area contributed by atoms with E-state index in [2.05, 4.69) is 10.3 Å². The molecule has 0 fully saturated rings. The first kappa shape index (κ1) is 13.8. The summed E-state index contributed by atoms with van der Waals surface area (Å²) in [6.07, 6.45) is 1.45. The summed E-state index contributed by atoms with van der Waals surface area (Å²) in [4.78, 5) is 4.14. The van der Waals surface area contributed by atoms with Crippen molar-refractivity contribution in [3.05, 3.63) is 53.7 Å². The van der Waals surface area contributed by atoms with Gasteiger partial charge >= 0.3 is 0 Å². The Morgan fingerprint density at radius 1 is 1.40 bits per heavy atom. The number of anilines is 2. The second kappa shape index (κ2) is 5.59. The molecule has 2 aromatic rings. The van der Waals surface area contributed by atoms with Gasteiger partial charge in [0.2, 0.25) is 0 Å². The average Bonchev–Trinajstić information content (AvgIpc) is 2.50. The molecule has 0 aliphatic carbocycles. The first-order valence-electron chi connectivity index (χ1n) is 6.19. The van der Waals surface area contributed by atoms with Gasteiger partial charge in [-0.2, -0.15) is 5.26 Å². The van der Waals surface area contributed by atoms with Crippen LogP contribution in [0.1, 0.15) is 18.1 Å². The standard InChI is InChI=1S/C15H16N4O/c1-15(10-20,12-5-3-2-4-6-12)19-14-13(17)7-11(8-16)9-18-14/h2-7,9,20H,10,17H2,1H3,(H,18,19). The first-order valence-corrected chi connectivity index (χ1v) is 6.19. The number of aliphatic hydroxyl groups excluding tert-OH is 1. The summed E-state index contributed by atoms with van der Waals surface area (Å²) >= 11 is 0. The van der Waals surface area contributed by atoms with Crippen molar-refractivity contribution in [1.82, 2.24) is 4.98 Å². The van der Waals surface area contributed by atoms with Gasteiger partial charge in [-0.3, -0.25) is 0 Å². The molecule has 20 heavy (non-hydrogen) atoms. The van der Waals surface area contributed by atoms with Crippen LogP contribution in [0.15, 0.2) is 42.6 Å². The predicted molar refractivity (Wildman–Crippen MR) is 77.9 cm³/mol. The maximum absolute atomic E-state index is 9.71. The highest BCUT2D eigenvalue weighted by atomic mass is 16.3. The SMILES string of the molecule is CC(CO)(Nc1ncc(C#N)cc1N)c1ccccc1. The molecule has 5 nitrogen and oxygen atoms in total. The van der Waals surface area contributed by atoms with Crippen molar-refractivity contribution in [3.63, 3.8) is 0 Å². The van der Waals surface area contributed by atoms with Crippen molar-refractivity contribution in [2.24, 2.45) is 0 Å². The van der Waals surface area contributed by atoms with Gasteiger partial charge in [0, 0.05) is 6.20 Å². The molecule has 0 aliphatic heterocycles. The fourth-order valence-corrected chi connectivity index (χ4v) is 1.92. The third-order valence-corrected chi connectivity index (χ3v) is 3.17. The van der Waals surface area contributed by atoms with Crippen LogP contribution in [0.5, 0.6) is 0 Å². The minimum Gasteiger partial charge on any atom is -0.396 e. The van der Waals surface area contributed by atoms with Crippen LogP contribution in [0.25, 0.3) is 0 Å². The molecule has 2 rings (SSSR count). The number of aliphatic hydroxyl groups is 1. The highest BCUT2D eigenvalue weighted by Gasteiger charge is 2.26. The Balaban J connectivity index is 2.34. The molecule has 1 aromatic heterocycles. The molecular weight excluding hydrogens is 252 g/mol. The average molecular weight is 268 g/mol. The highest BCUT2D eigenvalue weighted by Crippen LogP contribution is 2.27. The second-order valence-electron chi connectivity index (χ2n) is 4.75. The summed E-state index contributed by atoms with van der Waals surface area (Å²) in [7, 11) is 0. The van der Waals surface area contributed by atoms with E-state index in [4.69, 9.17) is 11.0 Å². The zero-order valence-corrected chi connectivity index (χ0v) is 11.2. The van der Waals surface area contributed by atoms with Gasteiger partial charge in [-0.15, -0.1) is 0 Å². The maximum Gasteiger partial charge on any atom is 0.150 e. The topological polar surface area (TPSA) is 95.0 Å². The number of benzene rings is 1. The lowest BCUT2D eigenvalue weighted by Gasteiger charge is -2.30. The molecular formula is C15H16N4O. The molecule has 5 heteroatoms. The third-order valence-electron chi connectivity index (χ3n) is 3.17. The van der Waals surface area contributed by atoms with E-state index in [1.54, 1.807) is 6.07 Å². The van der Waals surface area contributed by atoms with Gasteiger partial charge < -0.3 is 16.2 Å². The maximum atomic E-state index is 9.71. The van der Waals surface area contributed by atoms with Crippen LogP contribution in [0.3, 0.4) is 0 Å². The molecule has 0 amide bonds. The van der Waals surface area contributed by atoms with Gasteiger partial charge in [0.05, 0.1) is 23.4 Å². The summed E-state index contributed by atoms with van der Waals surface area (Å²) in [5, 5.41) is 21.7. The van der Waals surface area contributed by atoms with E-state index in [0.29, 0.717) is 17.1 Å². The predicted octanol–water partition coefficient (Wildman–Crippen LogP) is 1.86. The molecule has 0 saturated carbocycles. The fraction of sp³-hybridized carbons (Fsp3) is 0.200. The van der Waals surface area contributed by atoms with Crippen LogP contribution >= 0.6 is 0 Å². The Morgan fingerprint density at radius 2 is 2.10 bits per heavy atom. The normalized spacial score (nSPS) is 13.2. The Bertz CT molecular complexity index is 636. The Morgan fingerprint density at radius 3 is 2.65 bits per heavy atom. The largest absolute Gasteiger partial charge is 0.396 e. The van der Waals surface area contributed by atoms with Gasteiger partial charge in [-0.25, -0.2) is 4.98 Å². The lowest BCUT2D eigenvalue weighted by atomic mass is 9.93. The Hall–Kier alpha value is -2.58. The number of rotatable bonds is 4. The first-order chi connectivity index (χ1) is 9.59. The van der Waals surface area contributed by atoms with Gasteiger partial charge in [0.1, 0.15) is 11.9 Å². The number of hydrogen-bond donors (Lipinski definition) is 3. The number of aromatic nitrogens is 1. The molecule has 102 valence electrons. The van der Waals surface area contributed by atoms with Gasteiger partial charge in [0.15, 0.2) is 0 Å². The monoisotopic (exact) mass is 268 g/mol. The van der Waals surface area contributed by atoms with Crippen molar-refractivity contribution >= 4 is 11.5 Å². The number of hydrogen-bond acceptors (Lipinski definition) is 5. The molecule has 1 atom stereocenters. The van der Waals surface area contributed by atoms with E-state index in [0.717, 1.165) is 5.56 Å². The van der Waals surface area contributed by atoms with E-state index in [9.17, 15) is 5.11 Å². The van der Waals surface area contributed by atoms with E-state index in [1.165, 1.54) is 6.20 Å².